The van der Waals surface area contributed by atoms with Crippen molar-refractivity contribution in [1.29, 1.82) is 0 Å². The van der Waals surface area contributed by atoms with Crippen molar-refractivity contribution in [1.82, 2.24) is 4.90 Å². The lowest BCUT2D eigenvalue weighted by molar-refractivity contribution is -0.0271. The van der Waals surface area contributed by atoms with Gasteiger partial charge in [0.1, 0.15) is 0 Å². The fraction of sp³-hybridized carbons (Fsp3) is 1.00. The Labute approximate surface area is 81.3 Å². The van der Waals surface area contributed by atoms with Crippen molar-refractivity contribution < 1.29 is 4.74 Å². The maximum Gasteiger partial charge on any atom is 0.0708 e. The number of ether oxygens (including phenoxy) is 1. The van der Waals surface area contributed by atoms with Crippen molar-refractivity contribution in [3.05, 3.63) is 0 Å². The SMILES string of the molecule is CC(C)O[C@@H](C)[C@@H]1[C@@H]2C[C@@H]2CN1C. The van der Waals surface area contributed by atoms with Gasteiger partial charge in [-0.2, -0.15) is 0 Å². The largest absolute Gasteiger partial charge is 0.374 e. The number of hydrogen-bond acceptors (Lipinski definition) is 2. The van der Waals surface area contributed by atoms with Crippen LogP contribution in [0.3, 0.4) is 0 Å². The van der Waals surface area contributed by atoms with Crippen LogP contribution in [0.1, 0.15) is 27.2 Å². The van der Waals surface area contributed by atoms with Gasteiger partial charge in [-0.1, -0.05) is 0 Å². The summed E-state index contributed by atoms with van der Waals surface area (Å²) in [5, 5.41) is 0. The minimum atomic E-state index is 0.362. The number of fused-ring (bicyclic) bond motifs is 1. The predicted octanol–water partition coefficient (Wildman–Crippen LogP) is 1.75. The van der Waals surface area contributed by atoms with Crippen LogP contribution in [0.2, 0.25) is 0 Å². The first-order valence-electron chi connectivity index (χ1n) is 5.45. The molecule has 2 rings (SSSR count). The maximum atomic E-state index is 5.86. The van der Waals surface area contributed by atoms with Gasteiger partial charge in [0, 0.05) is 12.6 Å². The molecule has 4 atom stereocenters. The third kappa shape index (κ3) is 1.75. The lowest BCUT2D eigenvalue weighted by Gasteiger charge is -2.30. The van der Waals surface area contributed by atoms with E-state index in [0.717, 1.165) is 11.8 Å². The van der Waals surface area contributed by atoms with E-state index in [4.69, 9.17) is 4.74 Å². The third-order valence-electron chi connectivity index (χ3n) is 3.42. The van der Waals surface area contributed by atoms with E-state index >= 15 is 0 Å². The Balaban J connectivity index is 1.91. The quantitative estimate of drug-likeness (QED) is 0.661. The molecule has 0 aromatic rings. The Kier molecular flexibility index (Phi) is 2.37. The Morgan fingerprint density at radius 3 is 2.46 bits per heavy atom. The van der Waals surface area contributed by atoms with Crippen molar-refractivity contribution in [2.24, 2.45) is 11.8 Å². The zero-order chi connectivity index (χ0) is 9.59. The summed E-state index contributed by atoms with van der Waals surface area (Å²) >= 11 is 0. The first-order chi connectivity index (χ1) is 6.09. The number of hydrogen-bond donors (Lipinski definition) is 0. The molecule has 0 aromatic carbocycles. The van der Waals surface area contributed by atoms with Crippen molar-refractivity contribution in [3.63, 3.8) is 0 Å². The molecular weight excluding hydrogens is 162 g/mol. The molecule has 0 amide bonds. The standard InChI is InChI=1S/C11H21NO/c1-7(2)13-8(3)11-10-5-9(10)6-12(11)4/h7-11H,5-6H2,1-4H3/t8-,9+,10+,11+/m0/s1. The van der Waals surface area contributed by atoms with Crippen LogP contribution < -0.4 is 0 Å². The monoisotopic (exact) mass is 183 g/mol. The van der Waals surface area contributed by atoms with Crippen molar-refractivity contribution in [3.8, 4) is 0 Å². The Bertz CT molecular complexity index is 191. The Morgan fingerprint density at radius 2 is 2.00 bits per heavy atom. The molecule has 13 heavy (non-hydrogen) atoms. The lowest BCUT2D eigenvalue weighted by Crippen LogP contribution is -2.40. The summed E-state index contributed by atoms with van der Waals surface area (Å²) in [6.45, 7) is 7.76. The Morgan fingerprint density at radius 1 is 1.31 bits per heavy atom. The van der Waals surface area contributed by atoms with Crippen LogP contribution >= 0.6 is 0 Å². The molecule has 2 fully saturated rings. The lowest BCUT2D eigenvalue weighted by atomic mass is 10.1. The van der Waals surface area contributed by atoms with E-state index in [1.54, 1.807) is 0 Å². The number of likely N-dealkylation sites (N-methyl/N-ethyl adjacent to an activating group) is 1. The predicted molar refractivity (Wildman–Crippen MR) is 53.7 cm³/mol. The summed E-state index contributed by atoms with van der Waals surface area (Å²) in [7, 11) is 2.23. The van der Waals surface area contributed by atoms with Gasteiger partial charge in [-0.05, 0) is 46.1 Å². The second-order valence-electron chi connectivity index (χ2n) is 4.98. The molecular formula is C11H21NO. The third-order valence-corrected chi connectivity index (χ3v) is 3.42. The minimum Gasteiger partial charge on any atom is -0.374 e. The van der Waals surface area contributed by atoms with Crippen LogP contribution in [-0.4, -0.2) is 36.7 Å². The van der Waals surface area contributed by atoms with Crippen molar-refractivity contribution in [2.75, 3.05) is 13.6 Å². The summed E-state index contributed by atoms with van der Waals surface area (Å²) in [6, 6.07) is 0.687. The molecule has 1 aliphatic heterocycles. The van der Waals surface area contributed by atoms with Gasteiger partial charge in [0.2, 0.25) is 0 Å². The van der Waals surface area contributed by atoms with E-state index in [9.17, 15) is 0 Å². The highest BCUT2D eigenvalue weighted by Gasteiger charge is 2.53. The van der Waals surface area contributed by atoms with E-state index in [1.807, 2.05) is 0 Å². The molecule has 1 saturated carbocycles. The van der Waals surface area contributed by atoms with Gasteiger partial charge in [-0.25, -0.2) is 0 Å². The van der Waals surface area contributed by atoms with Crippen molar-refractivity contribution in [2.45, 2.75) is 45.4 Å². The second kappa shape index (κ2) is 3.25. The molecule has 0 bridgehead atoms. The van der Waals surface area contributed by atoms with Crippen LogP contribution in [0, 0.1) is 11.8 Å². The van der Waals surface area contributed by atoms with Gasteiger partial charge in [0.25, 0.3) is 0 Å². The molecule has 1 saturated heterocycles. The van der Waals surface area contributed by atoms with Crippen LogP contribution in [0.4, 0.5) is 0 Å². The van der Waals surface area contributed by atoms with Gasteiger partial charge in [0.05, 0.1) is 12.2 Å². The number of nitrogens with zero attached hydrogens (tertiary/aromatic N) is 1. The Hall–Kier alpha value is -0.0800. The van der Waals surface area contributed by atoms with Crippen LogP contribution in [0.5, 0.6) is 0 Å². The molecule has 2 heteroatoms. The van der Waals surface area contributed by atoms with Crippen LogP contribution in [0.15, 0.2) is 0 Å². The van der Waals surface area contributed by atoms with E-state index in [-0.39, 0.29) is 0 Å². The van der Waals surface area contributed by atoms with Crippen molar-refractivity contribution >= 4 is 0 Å². The highest BCUT2D eigenvalue weighted by molar-refractivity contribution is 5.05. The zero-order valence-corrected chi connectivity index (χ0v) is 9.16. The van der Waals surface area contributed by atoms with E-state index in [2.05, 4.69) is 32.7 Å². The van der Waals surface area contributed by atoms with Gasteiger partial charge in [0.15, 0.2) is 0 Å². The van der Waals surface area contributed by atoms with E-state index < -0.39 is 0 Å². The molecule has 0 unspecified atom stereocenters. The topological polar surface area (TPSA) is 12.5 Å². The van der Waals surface area contributed by atoms with E-state index in [0.29, 0.717) is 18.2 Å². The molecule has 0 spiro atoms. The van der Waals surface area contributed by atoms with E-state index in [1.165, 1.54) is 13.0 Å². The molecule has 2 aliphatic rings. The maximum absolute atomic E-state index is 5.86. The number of rotatable bonds is 3. The zero-order valence-electron chi connectivity index (χ0n) is 9.16. The summed E-state index contributed by atoms with van der Waals surface area (Å²) in [5.41, 5.74) is 0. The average molecular weight is 183 g/mol. The number of likely N-dealkylation sites (tertiary alicyclic amines) is 1. The average Bonchev–Trinajstić information content (AvgIpc) is 2.60. The van der Waals surface area contributed by atoms with Gasteiger partial charge in [-0.3, -0.25) is 0 Å². The fourth-order valence-corrected chi connectivity index (χ4v) is 2.93. The highest BCUT2D eigenvalue weighted by Crippen LogP contribution is 2.50. The molecule has 1 heterocycles. The first-order valence-corrected chi connectivity index (χ1v) is 5.45. The van der Waals surface area contributed by atoms with Gasteiger partial charge in [-0.15, -0.1) is 0 Å². The molecule has 76 valence electrons. The fourth-order valence-electron chi connectivity index (χ4n) is 2.93. The van der Waals surface area contributed by atoms with Gasteiger partial charge >= 0.3 is 0 Å². The summed E-state index contributed by atoms with van der Waals surface area (Å²) in [5.74, 6) is 1.94. The summed E-state index contributed by atoms with van der Waals surface area (Å²) in [4.78, 5) is 2.48. The van der Waals surface area contributed by atoms with Crippen LogP contribution in [0.25, 0.3) is 0 Å². The summed E-state index contributed by atoms with van der Waals surface area (Å²) < 4.78 is 5.86. The normalized spacial score (nSPS) is 40.8. The molecule has 0 N–H and O–H groups in total. The smallest absolute Gasteiger partial charge is 0.0708 e. The number of piperidine rings is 1. The minimum absolute atomic E-state index is 0.362. The highest BCUT2D eigenvalue weighted by atomic mass is 16.5. The molecule has 2 nitrogen and oxygen atoms in total. The summed E-state index contributed by atoms with van der Waals surface area (Å²) in [6.07, 6.45) is 2.21. The van der Waals surface area contributed by atoms with Gasteiger partial charge < -0.3 is 9.64 Å². The second-order valence-corrected chi connectivity index (χ2v) is 4.98. The molecule has 0 radical (unpaired) electrons. The molecule has 0 aromatic heterocycles. The first kappa shape index (κ1) is 9.47. The molecule has 1 aliphatic carbocycles. The van der Waals surface area contributed by atoms with Crippen LogP contribution in [-0.2, 0) is 4.74 Å².